The Kier molecular flexibility index (Phi) is 6.01. The van der Waals surface area contributed by atoms with E-state index >= 15 is 0 Å². The minimum Gasteiger partial charge on any atom is -0.461 e. The lowest BCUT2D eigenvalue weighted by molar-refractivity contribution is -0.145. The van der Waals surface area contributed by atoms with E-state index in [1.54, 1.807) is 12.1 Å². The molecule has 17 heavy (non-hydrogen) atoms. The van der Waals surface area contributed by atoms with Gasteiger partial charge in [0.1, 0.15) is 6.61 Å². The summed E-state index contributed by atoms with van der Waals surface area (Å²) >= 11 is 5.75. The molecule has 94 valence electrons. The smallest absolute Gasteiger partial charge is 0.307 e. The Bertz CT molecular complexity index is 351. The molecule has 1 aromatic carbocycles. The number of hydrogen-bond donors (Lipinski definition) is 1. The average Bonchev–Trinajstić information content (AvgIpc) is 2.28. The molecule has 0 bridgehead atoms. The second-order valence-electron chi connectivity index (χ2n) is 4.04. The fraction of sp³-hybridized carbons (Fsp3) is 0.462. The van der Waals surface area contributed by atoms with Crippen LogP contribution in [0.25, 0.3) is 0 Å². The van der Waals surface area contributed by atoms with Crippen molar-refractivity contribution >= 4 is 17.6 Å². The molecule has 4 heteroatoms. The molecule has 0 amide bonds. The van der Waals surface area contributed by atoms with E-state index in [1.165, 1.54) is 0 Å². The number of rotatable bonds is 6. The molecule has 0 fully saturated rings. The standard InChI is InChI=1S/C13H18ClNO2/c1-2-3-12(15)8-13(16)17-9-10-4-6-11(14)7-5-10/h4-7,12H,2-3,8-9,15H2,1H3. The first-order valence-corrected chi connectivity index (χ1v) is 6.15. The van der Waals surface area contributed by atoms with Gasteiger partial charge in [-0.1, -0.05) is 37.1 Å². The Morgan fingerprint density at radius 1 is 1.41 bits per heavy atom. The summed E-state index contributed by atoms with van der Waals surface area (Å²) in [5.41, 5.74) is 6.68. The molecule has 3 nitrogen and oxygen atoms in total. The number of nitrogens with two attached hydrogens (primary N) is 1. The summed E-state index contributed by atoms with van der Waals surface area (Å²) in [4.78, 5) is 11.4. The van der Waals surface area contributed by atoms with Gasteiger partial charge in [-0.3, -0.25) is 4.79 Å². The molecule has 1 atom stereocenters. The van der Waals surface area contributed by atoms with E-state index in [-0.39, 0.29) is 25.0 Å². The van der Waals surface area contributed by atoms with Gasteiger partial charge in [0.2, 0.25) is 0 Å². The topological polar surface area (TPSA) is 52.3 Å². The van der Waals surface area contributed by atoms with Crippen LogP contribution in [0.2, 0.25) is 5.02 Å². The number of halogens is 1. The van der Waals surface area contributed by atoms with Crippen molar-refractivity contribution in [2.24, 2.45) is 5.73 Å². The molecule has 1 rings (SSSR count). The van der Waals surface area contributed by atoms with Crippen LogP contribution in [-0.2, 0) is 16.1 Å². The molecule has 0 saturated heterocycles. The van der Waals surface area contributed by atoms with Gasteiger partial charge in [0.05, 0.1) is 6.42 Å². The number of ether oxygens (including phenoxy) is 1. The molecule has 0 saturated carbocycles. The molecule has 0 heterocycles. The Morgan fingerprint density at radius 3 is 2.65 bits per heavy atom. The summed E-state index contributed by atoms with van der Waals surface area (Å²) in [6.45, 7) is 2.31. The normalized spacial score (nSPS) is 12.2. The van der Waals surface area contributed by atoms with Crippen LogP contribution < -0.4 is 5.73 Å². The van der Waals surface area contributed by atoms with Gasteiger partial charge in [-0.2, -0.15) is 0 Å². The van der Waals surface area contributed by atoms with Gasteiger partial charge in [0.25, 0.3) is 0 Å². The zero-order valence-electron chi connectivity index (χ0n) is 9.99. The van der Waals surface area contributed by atoms with Crippen LogP contribution in [0.1, 0.15) is 31.7 Å². The van der Waals surface area contributed by atoms with Gasteiger partial charge in [-0.15, -0.1) is 0 Å². The second kappa shape index (κ2) is 7.30. The van der Waals surface area contributed by atoms with Gasteiger partial charge in [0.15, 0.2) is 0 Å². The van der Waals surface area contributed by atoms with Crippen molar-refractivity contribution in [3.05, 3.63) is 34.9 Å². The lowest BCUT2D eigenvalue weighted by Gasteiger charge is -2.10. The van der Waals surface area contributed by atoms with Crippen LogP contribution in [-0.4, -0.2) is 12.0 Å². The lowest BCUT2D eigenvalue weighted by atomic mass is 10.1. The first-order valence-electron chi connectivity index (χ1n) is 5.77. The second-order valence-corrected chi connectivity index (χ2v) is 4.48. The van der Waals surface area contributed by atoms with Crippen LogP contribution in [0.5, 0.6) is 0 Å². The highest BCUT2D eigenvalue weighted by Crippen LogP contribution is 2.10. The van der Waals surface area contributed by atoms with E-state index in [9.17, 15) is 4.79 Å². The fourth-order valence-corrected chi connectivity index (χ4v) is 1.62. The summed E-state index contributed by atoms with van der Waals surface area (Å²) in [5.74, 6) is -0.249. The fourth-order valence-electron chi connectivity index (χ4n) is 1.49. The summed E-state index contributed by atoms with van der Waals surface area (Å²) < 4.78 is 5.12. The molecule has 1 aromatic rings. The molecule has 2 N–H and O–H groups in total. The quantitative estimate of drug-likeness (QED) is 0.796. The van der Waals surface area contributed by atoms with Crippen LogP contribution >= 0.6 is 11.6 Å². The summed E-state index contributed by atoms with van der Waals surface area (Å²) in [7, 11) is 0. The Balaban J connectivity index is 2.30. The monoisotopic (exact) mass is 255 g/mol. The molecular formula is C13H18ClNO2. The lowest BCUT2D eigenvalue weighted by Crippen LogP contribution is -2.24. The van der Waals surface area contributed by atoms with Crippen molar-refractivity contribution in [3.63, 3.8) is 0 Å². The predicted molar refractivity (Wildman–Crippen MR) is 68.7 cm³/mol. The van der Waals surface area contributed by atoms with Crippen molar-refractivity contribution in [3.8, 4) is 0 Å². The van der Waals surface area contributed by atoms with E-state index in [2.05, 4.69) is 0 Å². The van der Waals surface area contributed by atoms with Crippen molar-refractivity contribution in [1.29, 1.82) is 0 Å². The number of carbonyl (C=O) groups is 1. The third-order valence-corrected chi connectivity index (χ3v) is 2.65. The van der Waals surface area contributed by atoms with Crippen molar-refractivity contribution < 1.29 is 9.53 Å². The Morgan fingerprint density at radius 2 is 2.06 bits per heavy atom. The van der Waals surface area contributed by atoms with E-state index in [4.69, 9.17) is 22.1 Å². The number of carbonyl (C=O) groups excluding carboxylic acids is 1. The molecule has 0 spiro atoms. The first kappa shape index (κ1) is 14.0. The van der Waals surface area contributed by atoms with E-state index in [0.717, 1.165) is 18.4 Å². The molecule has 0 aliphatic heterocycles. The summed E-state index contributed by atoms with van der Waals surface area (Å²) in [6.07, 6.45) is 2.10. The van der Waals surface area contributed by atoms with Gasteiger partial charge in [0, 0.05) is 11.1 Å². The third-order valence-electron chi connectivity index (χ3n) is 2.40. The van der Waals surface area contributed by atoms with Crippen LogP contribution in [0.4, 0.5) is 0 Å². The Labute approximate surface area is 107 Å². The van der Waals surface area contributed by atoms with Gasteiger partial charge >= 0.3 is 5.97 Å². The predicted octanol–water partition coefficient (Wildman–Crippen LogP) is 2.90. The summed E-state index contributed by atoms with van der Waals surface area (Å²) in [6, 6.07) is 7.11. The molecule has 0 aromatic heterocycles. The number of benzene rings is 1. The van der Waals surface area contributed by atoms with E-state index in [0.29, 0.717) is 5.02 Å². The average molecular weight is 256 g/mol. The van der Waals surface area contributed by atoms with E-state index < -0.39 is 0 Å². The zero-order valence-corrected chi connectivity index (χ0v) is 10.7. The minimum atomic E-state index is -0.249. The van der Waals surface area contributed by atoms with Crippen LogP contribution in [0.15, 0.2) is 24.3 Å². The van der Waals surface area contributed by atoms with Gasteiger partial charge < -0.3 is 10.5 Å². The number of hydrogen-bond acceptors (Lipinski definition) is 3. The Hall–Kier alpha value is -1.06. The third kappa shape index (κ3) is 5.71. The molecule has 0 aliphatic rings. The van der Waals surface area contributed by atoms with Crippen LogP contribution in [0, 0.1) is 0 Å². The molecule has 0 aliphatic carbocycles. The summed E-state index contributed by atoms with van der Waals surface area (Å²) in [5, 5.41) is 0.671. The van der Waals surface area contributed by atoms with Crippen molar-refractivity contribution in [2.45, 2.75) is 38.8 Å². The SMILES string of the molecule is CCCC(N)CC(=O)OCc1ccc(Cl)cc1. The van der Waals surface area contributed by atoms with Crippen LogP contribution in [0.3, 0.4) is 0 Å². The highest BCUT2D eigenvalue weighted by molar-refractivity contribution is 6.30. The highest BCUT2D eigenvalue weighted by atomic mass is 35.5. The largest absolute Gasteiger partial charge is 0.461 e. The molecule has 0 radical (unpaired) electrons. The first-order chi connectivity index (χ1) is 8.11. The maximum atomic E-state index is 11.4. The minimum absolute atomic E-state index is 0.0993. The highest BCUT2D eigenvalue weighted by Gasteiger charge is 2.09. The number of esters is 1. The van der Waals surface area contributed by atoms with Crippen molar-refractivity contribution in [2.75, 3.05) is 0 Å². The van der Waals surface area contributed by atoms with E-state index in [1.807, 2.05) is 19.1 Å². The van der Waals surface area contributed by atoms with Gasteiger partial charge in [-0.05, 0) is 24.1 Å². The maximum absolute atomic E-state index is 11.4. The molecule has 1 unspecified atom stereocenters. The molecular weight excluding hydrogens is 238 g/mol. The van der Waals surface area contributed by atoms with Gasteiger partial charge in [-0.25, -0.2) is 0 Å². The zero-order chi connectivity index (χ0) is 12.7. The van der Waals surface area contributed by atoms with Crippen molar-refractivity contribution in [1.82, 2.24) is 0 Å². The maximum Gasteiger partial charge on any atom is 0.307 e.